The number of carbonyl (C=O) groups excluding carboxylic acids is 1. The Morgan fingerprint density at radius 1 is 1.20 bits per heavy atom. The van der Waals surface area contributed by atoms with E-state index in [1.165, 1.54) is 5.57 Å². The Bertz CT molecular complexity index is 915. The van der Waals surface area contributed by atoms with Crippen molar-refractivity contribution in [3.8, 4) is 0 Å². The van der Waals surface area contributed by atoms with E-state index in [1.807, 2.05) is 48.7 Å². The Morgan fingerprint density at radius 2 is 2.08 bits per heavy atom. The molecule has 0 saturated heterocycles. The smallest absolute Gasteiger partial charge is 0.410 e. The van der Waals surface area contributed by atoms with Crippen molar-refractivity contribution in [3.05, 3.63) is 72.1 Å². The van der Waals surface area contributed by atoms with Gasteiger partial charge < -0.3 is 14.6 Å². The van der Waals surface area contributed by atoms with E-state index in [2.05, 4.69) is 16.0 Å². The van der Waals surface area contributed by atoms with E-state index in [0.717, 1.165) is 28.6 Å². The number of hydrogen-bond acceptors (Lipinski definition) is 3. The number of carbonyl (C=O) groups is 1. The summed E-state index contributed by atoms with van der Waals surface area (Å²) in [6, 6.07) is 13.7. The third kappa shape index (κ3) is 3.26. The number of pyridine rings is 1. The van der Waals surface area contributed by atoms with Crippen molar-refractivity contribution in [2.45, 2.75) is 13.0 Å². The number of benzene rings is 1. The van der Waals surface area contributed by atoms with Crippen LogP contribution in [0.5, 0.6) is 0 Å². The second-order valence-corrected chi connectivity index (χ2v) is 6.07. The topological polar surface area (TPSA) is 58.2 Å². The number of nitrogens with zero attached hydrogens (tertiary/aromatic N) is 2. The molecule has 0 bridgehead atoms. The van der Waals surface area contributed by atoms with Crippen molar-refractivity contribution < 1.29 is 9.53 Å². The fourth-order valence-corrected chi connectivity index (χ4v) is 3.09. The van der Waals surface area contributed by atoms with Crippen LogP contribution in [-0.4, -0.2) is 34.1 Å². The highest BCUT2D eigenvalue weighted by atomic mass is 16.6. The van der Waals surface area contributed by atoms with Crippen LogP contribution in [0.1, 0.15) is 17.5 Å². The minimum absolute atomic E-state index is 0.267. The Labute approximate surface area is 145 Å². The molecule has 126 valence electrons. The number of H-pyrrole nitrogens is 1. The first kappa shape index (κ1) is 15.4. The molecule has 0 atom stereocenters. The summed E-state index contributed by atoms with van der Waals surface area (Å²) in [7, 11) is 0. The van der Waals surface area contributed by atoms with Gasteiger partial charge in [-0.05, 0) is 29.7 Å². The van der Waals surface area contributed by atoms with Crippen molar-refractivity contribution >= 4 is 22.7 Å². The van der Waals surface area contributed by atoms with Crippen molar-refractivity contribution in [3.63, 3.8) is 0 Å². The number of amides is 1. The van der Waals surface area contributed by atoms with Crippen LogP contribution >= 0.6 is 0 Å². The second-order valence-electron chi connectivity index (χ2n) is 6.07. The first-order valence-corrected chi connectivity index (χ1v) is 8.38. The summed E-state index contributed by atoms with van der Waals surface area (Å²) < 4.78 is 5.40. The maximum atomic E-state index is 12.2. The molecular weight excluding hydrogens is 314 g/mol. The Balaban J connectivity index is 1.41. The number of rotatable bonds is 3. The van der Waals surface area contributed by atoms with Crippen LogP contribution in [0.4, 0.5) is 4.79 Å². The largest absolute Gasteiger partial charge is 0.445 e. The average molecular weight is 333 g/mol. The van der Waals surface area contributed by atoms with Crippen LogP contribution in [0.2, 0.25) is 0 Å². The van der Waals surface area contributed by atoms with E-state index in [-0.39, 0.29) is 6.09 Å². The highest BCUT2D eigenvalue weighted by molar-refractivity contribution is 5.89. The summed E-state index contributed by atoms with van der Waals surface area (Å²) in [6.07, 6.45) is 6.41. The van der Waals surface area contributed by atoms with Crippen LogP contribution in [0.3, 0.4) is 0 Å². The molecule has 25 heavy (non-hydrogen) atoms. The Kier molecular flexibility index (Phi) is 4.21. The van der Waals surface area contributed by atoms with Gasteiger partial charge in [0.25, 0.3) is 0 Å². The van der Waals surface area contributed by atoms with Crippen LogP contribution in [0.15, 0.2) is 60.9 Å². The van der Waals surface area contributed by atoms with Crippen LogP contribution in [-0.2, 0) is 11.3 Å². The third-order valence-corrected chi connectivity index (χ3v) is 4.45. The van der Waals surface area contributed by atoms with Gasteiger partial charge in [-0.2, -0.15) is 0 Å². The minimum Gasteiger partial charge on any atom is -0.445 e. The van der Waals surface area contributed by atoms with Gasteiger partial charge in [0.05, 0.1) is 11.0 Å². The van der Waals surface area contributed by atoms with Gasteiger partial charge in [0.2, 0.25) is 0 Å². The van der Waals surface area contributed by atoms with Crippen LogP contribution in [0.25, 0.3) is 16.6 Å². The van der Waals surface area contributed by atoms with E-state index in [1.54, 1.807) is 11.1 Å². The summed E-state index contributed by atoms with van der Waals surface area (Å²) in [5.74, 6) is 0. The zero-order valence-electron chi connectivity index (χ0n) is 13.8. The van der Waals surface area contributed by atoms with Crippen molar-refractivity contribution in [2.24, 2.45) is 0 Å². The summed E-state index contributed by atoms with van der Waals surface area (Å²) in [4.78, 5) is 21.7. The fourth-order valence-electron chi connectivity index (χ4n) is 3.09. The van der Waals surface area contributed by atoms with Crippen molar-refractivity contribution in [1.82, 2.24) is 14.9 Å². The molecule has 5 nitrogen and oxygen atoms in total. The van der Waals surface area contributed by atoms with E-state index in [9.17, 15) is 4.79 Å². The molecule has 1 amide bonds. The van der Waals surface area contributed by atoms with E-state index < -0.39 is 0 Å². The van der Waals surface area contributed by atoms with Crippen LogP contribution < -0.4 is 0 Å². The molecule has 4 rings (SSSR count). The monoisotopic (exact) mass is 333 g/mol. The molecule has 0 aliphatic carbocycles. The molecule has 1 aliphatic rings. The normalized spacial score (nSPS) is 14.4. The van der Waals surface area contributed by atoms with Gasteiger partial charge in [-0.15, -0.1) is 0 Å². The SMILES string of the molecule is O=C(OCc1ccccc1)N1CC=C(c2c[nH]c3cccnc23)CC1. The average Bonchev–Trinajstić information content (AvgIpc) is 3.11. The summed E-state index contributed by atoms with van der Waals surface area (Å²) in [5, 5.41) is 0. The lowest BCUT2D eigenvalue weighted by molar-refractivity contribution is 0.0998. The molecular formula is C20H19N3O2. The minimum atomic E-state index is -0.267. The molecule has 3 aromatic rings. The fraction of sp³-hybridized carbons (Fsp3) is 0.200. The lowest BCUT2D eigenvalue weighted by atomic mass is 10.0. The van der Waals surface area contributed by atoms with E-state index in [0.29, 0.717) is 19.7 Å². The molecule has 0 saturated carbocycles. The molecule has 0 fully saturated rings. The first-order chi connectivity index (χ1) is 12.3. The standard InChI is InChI=1S/C20H19N3O2/c24-20(25-14-15-5-2-1-3-6-15)23-11-8-16(9-12-23)17-13-22-18-7-4-10-21-19(17)18/h1-8,10,13,22H,9,11-12,14H2. The number of aromatic amines is 1. The van der Waals surface area contributed by atoms with E-state index >= 15 is 0 Å². The van der Waals surface area contributed by atoms with Gasteiger partial charge in [-0.3, -0.25) is 4.98 Å². The maximum Gasteiger partial charge on any atom is 0.410 e. The maximum absolute atomic E-state index is 12.2. The molecule has 5 heteroatoms. The van der Waals surface area contributed by atoms with Crippen molar-refractivity contribution in [1.29, 1.82) is 0 Å². The molecule has 1 aromatic carbocycles. The number of nitrogens with one attached hydrogen (secondary N) is 1. The number of aromatic nitrogens is 2. The molecule has 0 spiro atoms. The van der Waals surface area contributed by atoms with Crippen LogP contribution in [0, 0.1) is 0 Å². The molecule has 0 radical (unpaired) electrons. The van der Waals surface area contributed by atoms with Gasteiger partial charge in [-0.25, -0.2) is 4.79 Å². The lowest BCUT2D eigenvalue weighted by Crippen LogP contribution is -2.35. The zero-order chi connectivity index (χ0) is 17.1. The molecule has 0 unspecified atom stereocenters. The quantitative estimate of drug-likeness (QED) is 0.788. The predicted molar refractivity (Wildman–Crippen MR) is 96.9 cm³/mol. The third-order valence-electron chi connectivity index (χ3n) is 4.45. The highest BCUT2D eigenvalue weighted by Crippen LogP contribution is 2.28. The summed E-state index contributed by atoms with van der Waals surface area (Å²) >= 11 is 0. The number of hydrogen-bond donors (Lipinski definition) is 1. The summed E-state index contributed by atoms with van der Waals surface area (Å²) in [5.41, 5.74) is 5.34. The first-order valence-electron chi connectivity index (χ1n) is 8.38. The predicted octanol–water partition coefficient (Wildman–Crippen LogP) is 3.99. The Morgan fingerprint density at radius 3 is 2.88 bits per heavy atom. The number of fused-ring (bicyclic) bond motifs is 1. The van der Waals surface area contributed by atoms with Gasteiger partial charge in [0, 0.05) is 31.0 Å². The highest BCUT2D eigenvalue weighted by Gasteiger charge is 2.20. The van der Waals surface area contributed by atoms with Gasteiger partial charge in [-0.1, -0.05) is 36.4 Å². The molecule has 1 aliphatic heterocycles. The second kappa shape index (κ2) is 6.81. The Hall–Kier alpha value is -3.08. The lowest BCUT2D eigenvalue weighted by Gasteiger charge is -2.25. The van der Waals surface area contributed by atoms with Crippen molar-refractivity contribution in [2.75, 3.05) is 13.1 Å². The van der Waals surface area contributed by atoms with Gasteiger partial charge >= 0.3 is 6.09 Å². The van der Waals surface area contributed by atoms with E-state index in [4.69, 9.17) is 4.74 Å². The number of ether oxygens (including phenoxy) is 1. The van der Waals surface area contributed by atoms with Gasteiger partial charge in [0.1, 0.15) is 6.61 Å². The summed E-state index contributed by atoms with van der Waals surface area (Å²) in [6.45, 7) is 1.51. The zero-order valence-corrected chi connectivity index (χ0v) is 13.8. The molecule has 3 heterocycles. The molecule has 1 N–H and O–H groups in total. The van der Waals surface area contributed by atoms with Gasteiger partial charge in [0.15, 0.2) is 0 Å². The molecule has 2 aromatic heterocycles.